The highest BCUT2D eigenvalue weighted by Crippen LogP contribution is 2.24. The van der Waals surface area contributed by atoms with Crippen LogP contribution in [-0.2, 0) is 10.5 Å². The molecule has 2 heterocycles. The van der Waals surface area contributed by atoms with E-state index in [1.54, 1.807) is 28.9 Å². The number of halogens is 1. The van der Waals surface area contributed by atoms with Crippen molar-refractivity contribution in [3.63, 3.8) is 0 Å². The third kappa shape index (κ3) is 3.54. The summed E-state index contributed by atoms with van der Waals surface area (Å²) in [5, 5.41) is 12.9. The third-order valence-electron chi connectivity index (χ3n) is 2.90. The Morgan fingerprint density at radius 1 is 1.30 bits per heavy atom. The van der Waals surface area contributed by atoms with E-state index in [0.717, 1.165) is 5.69 Å². The van der Waals surface area contributed by atoms with Crippen molar-refractivity contribution in [2.45, 2.75) is 10.9 Å². The number of methoxy groups -OCH3 is 1. The van der Waals surface area contributed by atoms with Crippen LogP contribution in [0.3, 0.4) is 0 Å². The van der Waals surface area contributed by atoms with Crippen LogP contribution in [0.5, 0.6) is 0 Å². The summed E-state index contributed by atoms with van der Waals surface area (Å²) in [7, 11) is 1.31. The van der Waals surface area contributed by atoms with E-state index in [4.69, 9.17) is 16.0 Å². The van der Waals surface area contributed by atoms with Gasteiger partial charge in [-0.2, -0.15) is 4.68 Å². The lowest BCUT2D eigenvalue weighted by atomic mass is 10.3. The topological polar surface area (TPSA) is 83.0 Å². The van der Waals surface area contributed by atoms with Crippen molar-refractivity contribution >= 4 is 29.3 Å². The molecule has 9 heteroatoms. The van der Waals surface area contributed by atoms with Crippen LogP contribution < -0.4 is 0 Å². The second kappa shape index (κ2) is 6.84. The predicted octanol–water partition coefficient (Wildman–Crippen LogP) is 2.99. The molecule has 3 aromatic rings. The Morgan fingerprint density at radius 2 is 2.09 bits per heavy atom. The largest absolute Gasteiger partial charge is 0.463 e. The van der Waals surface area contributed by atoms with Crippen molar-refractivity contribution in [1.29, 1.82) is 0 Å². The first-order valence-electron chi connectivity index (χ1n) is 6.51. The highest BCUT2D eigenvalue weighted by molar-refractivity contribution is 7.98. The molecule has 0 aliphatic carbocycles. The standard InChI is InChI=1S/C14H11ClN4O3S/c1-21-13(20)12-7-6-11(22-12)8-23-14-16-17-18-19(14)10-4-2-9(15)3-5-10/h2-7H,8H2,1H3. The quantitative estimate of drug-likeness (QED) is 0.516. The zero-order chi connectivity index (χ0) is 16.2. The lowest BCUT2D eigenvalue weighted by Crippen LogP contribution is -1.99. The van der Waals surface area contributed by atoms with Crippen LogP contribution in [0, 0.1) is 0 Å². The van der Waals surface area contributed by atoms with Crippen LogP contribution in [0.2, 0.25) is 5.02 Å². The van der Waals surface area contributed by atoms with Gasteiger partial charge in [0.2, 0.25) is 10.9 Å². The minimum Gasteiger partial charge on any atom is -0.463 e. The van der Waals surface area contributed by atoms with Gasteiger partial charge in [-0.3, -0.25) is 0 Å². The molecule has 0 saturated carbocycles. The number of carbonyl (C=O) groups is 1. The zero-order valence-corrected chi connectivity index (χ0v) is 13.5. The molecule has 0 unspecified atom stereocenters. The van der Waals surface area contributed by atoms with Crippen molar-refractivity contribution in [2.24, 2.45) is 0 Å². The Hall–Kier alpha value is -2.32. The maximum absolute atomic E-state index is 11.4. The molecule has 0 radical (unpaired) electrons. The summed E-state index contributed by atoms with van der Waals surface area (Å²) >= 11 is 7.26. The van der Waals surface area contributed by atoms with Gasteiger partial charge in [-0.15, -0.1) is 5.10 Å². The fourth-order valence-corrected chi connectivity index (χ4v) is 2.73. The molecular formula is C14H11ClN4O3S. The molecular weight excluding hydrogens is 340 g/mol. The number of tetrazole rings is 1. The highest BCUT2D eigenvalue weighted by atomic mass is 35.5. The summed E-state index contributed by atoms with van der Waals surface area (Å²) in [6.45, 7) is 0. The van der Waals surface area contributed by atoms with Gasteiger partial charge in [0, 0.05) is 5.02 Å². The maximum atomic E-state index is 11.4. The number of furan rings is 1. The molecule has 0 amide bonds. The lowest BCUT2D eigenvalue weighted by Gasteiger charge is -2.03. The summed E-state index contributed by atoms with van der Waals surface area (Å²) in [5.41, 5.74) is 0.802. The molecule has 0 spiro atoms. The highest BCUT2D eigenvalue weighted by Gasteiger charge is 2.13. The number of nitrogens with zero attached hydrogens (tertiary/aromatic N) is 4. The van der Waals surface area contributed by atoms with Gasteiger partial charge in [-0.05, 0) is 46.8 Å². The number of esters is 1. The molecule has 23 heavy (non-hydrogen) atoms. The van der Waals surface area contributed by atoms with Gasteiger partial charge in [-0.1, -0.05) is 23.4 Å². The number of hydrogen-bond acceptors (Lipinski definition) is 7. The maximum Gasteiger partial charge on any atom is 0.373 e. The summed E-state index contributed by atoms with van der Waals surface area (Å²) < 4.78 is 11.6. The second-order valence-corrected chi connectivity index (χ2v) is 5.77. The fraction of sp³-hybridized carbons (Fsp3) is 0.143. The summed E-state index contributed by atoms with van der Waals surface area (Å²) in [6.07, 6.45) is 0. The predicted molar refractivity (Wildman–Crippen MR) is 83.8 cm³/mol. The molecule has 0 atom stereocenters. The van der Waals surface area contributed by atoms with Crippen LogP contribution in [0.1, 0.15) is 16.3 Å². The molecule has 1 aromatic carbocycles. The minimum absolute atomic E-state index is 0.167. The van der Waals surface area contributed by atoms with Gasteiger partial charge in [-0.25, -0.2) is 4.79 Å². The van der Waals surface area contributed by atoms with Crippen molar-refractivity contribution in [3.05, 3.63) is 52.9 Å². The number of benzene rings is 1. The first kappa shape index (κ1) is 15.6. The summed E-state index contributed by atoms with van der Waals surface area (Å²) in [5.74, 6) is 0.763. The third-order valence-corrected chi connectivity index (χ3v) is 4.10. The van der Waals surface area contributed by atoms with Gasteiger partial charge >= 0.3 is 5.97 Å². The smallest absolute Gasteiger partial charge is 0.373 e. The van der Waals surface area contributed by atoms with E-state index in [9.17, 15) is 4.79 Å². The van der Waals surface area contributed by atoms with E-state index in [1.165, 1.54) is 18.9 Å². The number of hydrogen-bond donors (Lipinski definition) is 0. The molecule has 0 saturated heterocycles. The van der Waals surface area contributed by atoms with E-state index in [-0.39, 0.29) is 5.76 Å². The number of thioether (sulfide) groups is 1. The Balaban J connectivity index is 1.72. The van der Waals surface area contributed by atoms with E-state index in [0.29, 0.717) is 21.7 Å². The Morgan fingerprint density at radius 3 is 2.83 bits per heavy atom. The van der Waals surface area contributed by atoms with Gasteiger partial charge in [0.15, 0.2) is 0 Å². The number of rotatable bonds is 5. The summed E-state index contributed by atoms with van der Waals surface area (Å²) in [4.78, 5) is 11.4. The van der Waals surface area contributed by atoms with Crippen LogP contribution in [-0.4, -0.2) is 33.3 Å². The van der Waals surface area contributed by atoms with Gasteiger partial charge in [0.1, 0.15) is 5.76 Å². The van der Waals surface area contributed by atoms with Gasteiger partial charge < -0.3 is 9.15 Å². The Kier molecular flexibility index (Phi) is 4.63. The number of aromatic nitrogens is 4. The molecule has 0 aliphatic heterocycles. The zero-order valence-electron chi connectivity index (χ0n) is 12.0. The second-order valence-electron chi connectivity index (χ2n) is 4.40. The van der Waals surface area contributed by atoms with Crippen LogP contribution in [0.4, 0.5) is 0 Å². The Labute approximate surface area is 140 Å². The van der Waals surface area contributed by atoms with Gasteiger partial charge in [0.05, 0.1) is 18.6 Å². The normalized spacial score (nSPS) is 10.7. The van der Waals surface area contributed by atoms with Crippen LogP contribution >= 0.6 is 23.4 Å². The molecule has 2 aromatic heterocycles. The van der Waals surface area contributed by atoms with Crippen molar-refractivity contribution in [2.75, 3.05) is 7.11 Å². The van der Waals surface area contributed by atoms with E-state index in [1.807, 2.05) is 12.1 Å². The van der Waals surface area contributed by atoms with E-state index in [2.05, 4.69) is 20.3 Å². The fourth-order valence-electron chi connectivity index (χ4n) is 1.81. The average Bonchev–Trinajstić information content (AvgIpc) is 3.22. The first-order chi connectivity index (χ1) is 11.2. The SMILES string of the molecule is COC(=O)c1ccc(CSc2nnnn2-c2ccc(Cl)cc2)o1. The molecule has 0 fully saturated rings. The van der Waals surface area contributed by atoms with E-state index >= 15 is 0 Å². The number of ether oxygens (including phenoxy) is 1. The first-order valence-corrected chi connectivity index (χ1v) is 7.88. The molecule has 0 aliphatic rings. The monoisotopic (exact) mass is 350 g/mol. The van der Waals surface area contributed by atoms with Crippen molar-refractivity contribution in [3.8, 4) is 5.69 Å². The average molecular weight is 351 g/mol. The Bertz CT molecular complexity index is 816. The molecule has 118 valence electrons. The lowest BCUT2D eigenvalue weighted by molar-refractivity contribution is 0.0563. The van der Waals surface area contributed by atoms with Crippen molar-refractivity contribution < 1.29 is 13.9 Å². The molecule has 0 bridgehead atoms. The molecule has 7 nitrogen and oxygen atoms in total. The molecule has 3 rings (SSSR count). The van der Waals surface area contributed by atoms with Crippen LogP contribution in [0.25, 0.3) is 5.69 Å². The van der Waals surface area contributed by atoms with Crippen molar-refractivity contribution in [1.82, 2.24) is 20.2 Å². The van der Waals surface area contributed by atoms with E-state index < -0.39 is 5.97 Å². The van der Waals surface area contributed by atoms with Crippen LogP contribution in [0.15, 0.2) is 46.0 Å². The minimum atomic E-state index is -0.507. The van der Waals surface area contributed by atoms with Gasteiger partial charge in [0.25, 0.3) is 0 Å². The summed E-state index contributed by atoms with van der Waals surface area (Å²) in [6, 6.07) is 10.5. The number of carbonyl (C=O) groups excluding carboxylic acids is 1. The molecule has 0 N–H and O–H groups in total.